The summed E-state index contributed by atoms with van der Waals surface area (Å²) in [5.41, 5.74) is 0.774. The molecule has 1 aromatic carbocycles. The largest absolute Gasteiger partial charge is 0.496 e. The second-order valence-corrected chi connectivity index (χ2v) is 2.72. The monoisotopic (exact) mass is 196 g/mol. The molecular formula is C10H12O4. The van der Waals surface area contributed by atoms with E-state index < -0.39 is 5.97 Å². The van der Waals surface area contributed by atoms with Crippen LogP contribution < -0.4 is 4.74 Å². The molecule has 76 valence electrons. The van der Waals surface area contributed by atoms with Gasteiger partial charge in [-0.1, -0.05) is 6.07 Å². The summed E-state index contributed by atoms with van der Waals surface area (Å²) < 4.78 is 9.96. The molecule has 4 heteroatoms. The van der Waals surface area contributed by atoms with E-state index in [0.717, 1.165) is 0 Å². The van der Waals surface area contributed by atoms with Gasteiger partial charge in [-0.2, -0.15) is 0 Å². The minimum atomic E-state index is -0.976. The third kappa shape index (κ3) is 2.03. The molecule has 0 saturated heterocycles. The molecule has 4 nitrogen and oxygen atoms in total. The predicted molar refractivity (Wildman–Crippen MR) is 50.7 cm³/mol. The van der Waals surface area contributed by atoms with Crippen LogP contribution in [0.3, 0.4) is 0 Å². The summed E-state index contributed by atoms with van der Waals surface area (Å²) in [6.45, 7) is 0.228. The summed E-state index contributed by atoms with van der Waals surface area (Å²) >= 11 is 0. The number of benzene rings is 1. The van der Waals surface area contributed by atoms with Crippen LogP contribution in [0.5, 0.6) is 5.75 Å². The lowest BCUT2D eigenvalue weighted by atomic mass is 10.1. The maximum absolute atomic E-state index is 10.9. The molecule has 1 aromatic rings. The van der Waals surface area contributed by atoms with Gasteiger partial charge in [0.05, 0.1) is 19.3 Å². The lowest BCUT2D eigenvalue weighted by molar-refractivity contribution is 0.0691. The van der Waals surface area contributed by atoms with Gasteiger partial charge in [0, 0.05) is 12.7 Å². The van der Waals surface area contributed by atoms with Crippen molar-refractivity contribution in [3.63, 3.8) is 0 Å². The van der Waals surface area contributed by atoms with Crippen molar-refractivity contribution in [3.05, 3.63) is 29.3 Å². The van der Waals surface area contributed by atoms with Gasteiger partial charge in [-0.25, -0.2) is 4.79 Å². The fraction of sp³-hybridized carbons (Fsp3) is 0.300. The number of carboxylic acid groups (broad SMARTS) is 1. The molecule has 0 unspecified atom stereocenters. The molecule has 14 heavy (non-hydrogen) atoms. The Balaban J connectivity index is 3.20. The van der Waals surface area contributed by atoms with Gasteiger partial charge >= 0.3 is 5.97 Å². The molecule has 0 atom stereocenters. The molecule has 0 aromatic heterocycles. The normalized spacial score (nSPS) is 9.86. The number of aromatic carboxylic acids is 1. The number of carboxylic acids is 1. The second-order valence-electron chi connectivity index (χ2n) is 2.72. The van der Waals surface area contributed by atoms with Crippen LogP contribution in [0.15, 0.2) is 18.2 Å². The smallest absolute Gasteiger partial charge is 0.336 e. The summed E-state index contributed by atoms with van der Waals surface area (Å²) in [5, 5.41) is 8.90. The van der Waals surface area contributed by atoms with Crippen LogP contribution in [0, 0.1) is 0 Å². The molecule has 0 heterocycles. The van der Waals surface area contributed by atoms with E-state index in [1.54, 1.807) is 12.1 Å². The van der Waals surface area contributed by atoms with E-state index >= 15 is 0 Å². The Morgan fingerprint density at radius 3 is 2.64 bits per heavy atom. The summed E-state index contributed by atoms with van der Waals surface area (Å²) in [5.74, 6) is -0.442. The molecule has 0 spiro atoms. The average Bonchev–Trinajstić information content (AvgIpc) is 2.18. The van der Waals surface area contributed by atoms with Crippen LogP contribution in [0.4, 0.5) is 0 Å². The van der Waals surface area contributed by atoms with Crippen LogP contribution in [-0.2, 0) is 11.3 Å². The maximum atomic E-state index is 10.9. The lowest BCUT2D eigenvalue weighted by Crippen LogP contribution is -2.05. The molecule has 0 bridgehead atoms. The van der Waals surface area contributed by atoms with Crippen molar-refractivity contribution in [2.24, 2.45) is 0 Å². The third-order valence-electron chi connectivity index (χ3n) is 1.87. The van der Waals surface area contributed by atoms with E-state index in [4.69, 9.17) is 14.6 Å². The van der Waals surface area contributed by atoms with E-state index in [9.17, 15) is 4.79 Å². The van der Waals surface area contributed by atoms with E-state index in [1.165, 1.54) is 20.3 Å². The first-order valence-electron chi connectivity index (χ1n) is 4.08. The van der Waals surface area contributed by atoms with Gasteiger partial charge in [0.25, 0.3) is 0 Å². The summed E-state index contributed by atoms with van der Waals surface area (Å²) in [4.78, 5) is 10.9. The summed E-state index contributed by atoms with van der Waals surface area (Å²) in [6, 6.07) is 4.88. The number of hydrogen-bond acceptors (Lipinski definition) is 3. The number of hydrogen-bond donors (Lipinski definition) is 1. The molecule has 1 rings (SSSR count). The molecule has 0 aliphatic rings. The summed E-state index contributed by atoms with van der Waals surface area (Å²) in [6.07, 6.45) is 0. The van der Waals surface area contributed by atoms with Gasteiger partial charge in [-0.15, -0.1) is 0 Å². The van der Waals surface area contributed by atoms with E-state index in [-0.39, 0.29) is 12.2 Å². The Morgan fingerprint density at radius 2 is 2.14 bits per heavy atom. The molecule has 0 saturated carbocycles. The second kappa shape index (κ2) is 4.62. The van der Waals surface area contributed by atoms with Crippen molar-refractivity contribution < 1.29 is 19.4 Å². The molecule has 0 amide bonds. The Kier molecular flexibility index (Phi) is 3.48. The first-order chi connectivity index (χ1) is 6.70. The van der Waals surface area contributed by atoms with Crippen molar-refractivity contribution in [1.82, 2.24) is 0 Å². The Bertz CT molecular complexity index is 333. The molecule has 0 fully saturated rings. The Morgan fingerprint density at radius 1 is 1.43 bits per heavy atom. The van der Waals surface area contributed by atoms with Crippen LogP contribution in [0.1, 0.15) is 15.9 Å². The number of carbonyl (C=O) groups is 1. The third-order valence-corrected chi connectivity index (χ3v) is 1.87. The molecule has 0 aliphatic carbocycles. The van der Waals surface area contributed by atoms with Crippen molar-refractivity contribution >= 4 is 5.97 Å². The zero-order chi connectivity index (χ0) is 10.6. The number of ether oxygens (including phenoxy) is 2. The predicted octanol–water partition coefficient (Wildman–Crippen LogP) is 1.54. The maximum Gasteiger partial charge on any atom is 0.336 e. The van der Waals surface area contributed by atoms with Gasteiger partial charge < -0.3 is 14.6 Å². The molecular weight excluding hydrogens is 184 g/mol. The van der Waals surface area contributed by atoms with Gasteiger partial charge in [0.1, 0.15) is 5.75 Å². The van der Waals surface area contributed by atoms with E-state index in [2.05, 4.69) is 0 Å². The number of methoxy groups -OCH3 is 2. The van der Waals surface area contributed by atoms with Gasteiger partial charge in [0.15, 0.2) is 0 Å². The molecule has 0 radical (unpaired) electrons. The van der Waals surface area contributed by atoms with Crippen LogP contribution in [0.2, 0.25) is 0 Å². The SMILES string of the molecule is COCc1c(OC)cccc1C(=O)O. The van der Waals surface area contributed by atoms with Gasteiger partial charge in [0.2, 0.25) is 0 Å². The Labute approximate surface area is 82.1 Å². The highest BCUT2D eigenvalue weighted by Gasteiger charge is 2.13. The standard InChI is InChI=1S/C10H12O4/c1-13-6-8-7(10(11)12)4-3-5-9(8)14-2/h3-5H,6H2,1-2H3,(H,11,12). The first kappa shape index (κ1) is 10.5. The highest BCUT2D eigenvalue weighted by atomic mass is 16.5. The minimum absolute atomic E-state index is 0.214. The zero-order valence-corrected chi connectivity index (χ0v) is 8.11. The number of rotatable bonds is 4. The van der Waals surface area contributed by atoms with Crippen molar-refractivity contribution in [2.45, 2.75) is 6.61 Å². The fourth-order valence-electron chi connectivity index (χ4n) is 1.25. The van der Waals surface area contributed by atoms with Crippen LogP contribution in [-0.4, -0.2) is 25.3 Å². The van der Waals surface area contributed by atoms with Crippen molar-refractivity contribution in [2.75, 3.05) is 14.2 Å². The fourth-order valence-corrected chi connectivity index (χ4v) is 1.25. The van der Waals surface area contributed by atoms with Crippen LogP contribution in [0.25, 0.3) is 0 Å². The minimum Gasteiger partial charge on any atom is -0.496 e. The van der Waals surface area contributed by atoms with E-state index in [1.807, 2.05) is 0 Å². The van der Waals surface area contributed by atoms with Crippen LogP contribution >= 0.6 is 0 Å². The van der Waals surface area contributed by atoms with Gasteiger partial charge in [-0.05, 0) is 12.1 Å². The average molecular weight is 196 g/mol. The zero-order valence-electron chi connectivity index (χ0n) is 8.11. The molecule has 0 aliphatic heterocycles. The quantitative estimate of drug-likeness (QED) is 0.793. The van der Waals surface area contributed by atoms with Crippen molar-refractivity contribution in [3.8, 4) is 5.75 Å². The highest BCUT2D eigenvalue weighted by molar-refractivity contribution is 5.90. The highest BCUT2D eigenvalue weighted by Crippen LogP contribution is 2.22. The van der Waals surface area contributed by atoms with Crippen molar-refractivity contribution in [1.29, 1.82) is 0 Å². The lowest BCUT2D eigenvalue weighted by Gasteiger charge is -2.10. The molecule has 1 N–H and O–H groups in total. The topological polar surface area (TPSA) is 55.8 Å². The Hall–Kier alpha value is -1.55. The van der Waals surface area contributed by atoms with E-state index in [0.29, 0.717) is 11.3 Å². The van der Waals surface area contributed by atoms with Gasteiger partial charge in [-0.3, -0.25) is 0 Å². The first-order valence-corrected chi connectivity index (χ1v) is 4.08. The summed E-state index contributed by atoms with van der Waals surface area (Å²) in [7, 11) is 3.01.